The maximum Gasteiger partial charge on any atom is 0.417 e. The summed E-state index contributed by atoms with van der Waals surface area (Å²) in [5.74, 6) is -0.595. The number of pyridine rings is 1. The number of alkyl halides is 3. The first kappa shape index (κ1) is 32.7. The van der Waals surface area contributed by atoms with Gasteiger partial charge in [-0.1, -0.05) is 11.6 Å². The number of ether oxygens (including phenoxy) is 1. The summed E-state index contributed by atoms with van der Waals surface area (Å²) in [6, 6.07) is 10.8. The van der Waals surface area contributed by atoms with Gasteiger partial charge in [0.15, 0.2) is 0 Å². The Hall–Kier alpha value is -5.26. The van der Waals surface area contributed by atoms with Crippen LogP contribution < -0.4 is 10.3 Å². The van der Waals surface area contributed by atoms with Crippen LogP contribution in [0.5, 0.6) is 5.75 Å². The van der Waals surface area contributed by atoms with Gasteiger partial charge in [0, 0.05) is 45.5 Å². The lowest BCUT2D eigenvalue weighted by Crippen LogP contribution is -2.27. The molecule has 0 aliphatic heterocycles. The molecule has 10 nitrogen and oxygen atoms in total. The Bertz CT molecular complexity index is 2390. The minimum Gasteiger partial charge on any atom is -0.491 e. The van der Waals surface area contributed by atoms with Crippen LogP contribution >= 0.6 is 22.9 Å². The Morgan fingerprint density at radius 3 is 2.52 bits per heavy atom. The van der Waals surface area contributed by atoms with Crippen molar-refractivity contribution in [1.29, 1.82) is 5.26 Å². The number of nitrogens with zero attached hydrogens (tertiary/aromatic N) is 6. The summed E-state index contributed by atoms with van der Waals surface area (Å²) >= 11 is 7.58. The van der Waals surface area contributed by atoms with Gasteiger partial charge in [-0.25, -0.2) is 9.78 Å². The van der Waals surface area contributed by atoms with Crippen LogP contribution in [-0.4, -0.2) is 42.0 Å². The lowest BCUT2D eigenvalue weighted by molar-refractivity contribution is -0.137. The summed E-state index contributed by atoms with van der Waals surface area (Å²) in [5, 5.41) is 25.6. The fraction of sp³-hybridized carbons (Fsp3) is 0.212. The molecule has 6 aromatic rings. The van der Waals surface area contributed by atoms with Gasteiger partial charge in [0.1, 0.15) is 24.3 Å². The highest BCUT2D eigenvalue weighted by atomic mass is 35.5. The van der Waals surface area contributed by atoms with Crippen molar-refractivity contribution >= 4 is 50.0 Å². The number of aryl methyl sites for hydroxylation is 4. The molecule has 0 aliphatic carbocycles. The van der Waals surface area contributed by atoms with Gasteiger partial charge >= 0.3 is 12.1 Å². The molecule has 0 saturated carbocycles. The number of benzene rings is 2. The number of thiophene rings is 1. The predicted molar refractivity (Wildman–Crippen MR) is 175 cm³/mol. The van der Waals surface area contributed by atoms with Gasteiger partial charge in [-0.3, -0.25) is 19.0 Å². The smallest absolute Gasteiger partial charge is 0.417 e. The normalized spacial score (nSPS) is 11.7. The third-order valence-corrected chi connectivity index (χ3v) is 9.15. The molecule has 0 aliphatic rings. The molecule has 6 rings (SSSR count). The Labute approximate surface area is 279 Å². The molecule has 1 N–H and O–H groups in total. The molecule has 0 atom stereocenters. The summed E-state index contributed by atoms with van der Waals surface area (Å²) in [6.07, 6.45) is -4.85. The van der Waals surface area contributed by atoms with Crippen molar-refractivity contribution in [3.63, 3.8) is 0 Å². The van der Waals surface area contributed by atoms with Crippen LogP contribution in [0.1, 0.15) is 38.7 Å². The summed E-state index contributed by atoms with van der Waals surface area (Å²) in [4.78, 5) is 34.4. The molecule has 0 fully saturated rings. The van der Waals surface area contributed by atoms with Gasteiger partial charge < -0.3 is 9.84 Å². The molecule has 244 valence electrons. The first-order chi connectivity index (χ1) is 22.7. The quantitative estimate of drug-likeness (QED) is 0.184. The van der Waals surface area contributed by atoms with E-state index in [1.807, 2.05) is 6.07 Å². The number of fused-ring (bicyclic) bond motifs is 2. The van der Waals surface area contributed by atoms with E-state index in [9.17, 15) is 33.1 Å². The fourth-order valence-electron chi connectivity index (χ4n) is 5.61. The Morgan fingerprint density at radius 1 is 1.12 bits per heavy atom. The number of halogens is 4. The minimum absolute atomic E-state index is 0.0630. The van der Waals surface area contributed by atoms with Crippen molar-refractivity contribution in [2.45, 2.75) is 33.5 Å². The van der Waals surface area contributed by atoms with Crippen molar-refractivity contribution in [1.82, 2.24) is 24.3 Å². The molecule has 0 amide bonds. The van der Waals surface area contributed by atoms with Crippen LogP contribution in [0.4, 0.5) is 13.2 Å². The zero-order valence-electron chi connectivity index (χ0n) is 25.7. The Kier molecular flexibility index (Phi) is 8.22. The summed E-state index contributed by atoms with van der Waals surface area (Å²) in [6.45, 7) is 4.75. The van der Waals surface area contributed by atoms with Crippen molar-refractivity contribution in [3.8, 4) is 34.2 Å². The molecular formula is C33H24ClF3N6O4S. The molecule has 0 spiro atoms. The van der Waals surface area contributed by atoms with Crippen LogP contribution in [0.2, 0.25) is 5.02 Å². The second kappa shape index (κ2) is 12.1. The monoisotopic (exact) mass is 692 g/mol. The number of carbonyl (C=O) groups is 1. The van der Waals surface area contributed by atoms with E-state index in [-0.39, 0.29) is 41.1 Å². The largest absolute Gasteiger partial charge is 0.491 e. The lowest BCUT2D eigenvalue weighted by atomic mass is 9.94. The van der Waals surface area contributed by atoms with Crippen molar-refractivity contribution < 1.29 is 27.8 Å². The maximum atomic E-state index is 14.3. The molecule has 0 bridgehead atoms. The van der Waals surface area contributed by atoms with Gasteiger partial charge in [-0.15, -0.1) is 11.3 Å². The van der Waals surface area contributed by atoms with E-state index in [0.717, 1.165) is 6.07 Å². The standard InChI is InChI=1S/C33H24ClF3N6O4S/c1-15-9-20(30-29(39-15)22(14-48-30)32(45)46)19-11-18(34)5-6-26(19)47-8-7-43-17(3)40-24-12-23(33(35,36)37)27(21(13-38)28(24)31(43)44)25-10-16(2)42(4)41-25/h5-6,9-12,14H,7-8H2,1-4H3,(H,45,46). The van der Waals surface area contributed by atoms with Gasteiger partial charge in [0.05, 0.1) is 50.0 Å². The predicted octanol–water partition coefficient (Wildman–Crippen LogP) is 7.32. The molecule has 0 unspecified atom stereocenters. The van der Waals surface area contributed by atoms with E-state index in [1.54, 1.807) is 45.2 Å². The van der Waals surface area contributed by atoms with E-state index in [1.165, 1.54) is 39.0 Å². The number of carboxylic acid groups (broad SMARTS) is 1. The Balaban J connectivity index is 1.42. The minimum atomic E-state index is -4.85. The summed E-state index contributed by atoms with van der Waals surface area (Å²) in [5.41, 5.74) is -0.365. The summed E-state index contributed by atoms with van der Waals surface area (Å²) in [7, 11) is 1.56. The van der Waals surface area contributed by atoms with E-state index < -0.39 is 34.4 Å². The SMILES string of the molecule is Cc1cc(-c2cc(Cl)ccc2OCCn2c(C)nc3cc(C(F)(F)F)c(-c4cc(C)n(C)n4)c(C#N)c3c2=O)c2scc(C(=O)O)c2n1. The highest BCUT2D eigenvalue weighted by Crippen LogP contribution is 2.42. The average Bonchev–Trinajstić information content (AvgIpc) is 3.59. The molecule has 15 heteroatoms. The van der Waals surface area contributed by atoms with E-state index >= 15 is 0 Å². The topological polar surface area (TPSA) is 136 Å². The number of hydrogen-bond acceptors (Lipinski definition) is 8. The molecule has 0 saturated heterocycles. The number of aromatic nitrogens is 5. The van der Waals surface area contributed by atoms with Crippen molar-refractivity contribution in [2.24, 2.45) is 7.05 Å². The third-order valence-electron chi connectivity index (χ3n) is 7.91. The number of hydrogen-bond donors (Lipinski definition) is 1. The average molecular weight is 693 g/mol. The van der Waals surface area contributed by atoms with Crippen LogP contribution in [0, 0.1) is 32.1 Å². The van der Waals surface area contributed by atoms with Crippen molar-refractivity contribution in [2.75, 3.05) is 6.61 Å². The fourth-order valence-corrected chi connectivity index (χ4v) is 6.80. The van der Waals surface area contributed by atoms with Gasteiger partial charge in [-0.05, 0) is 57.2 Å². The molecule has 2 aromatic carbocycles. The zero-order valence-corrected chi connectivity index (χ0v) is 27.3. The first-order valence-electron chi connectivity index (χ1n) is 14.3. The highest BCUT2D eigenvalue weighted by molar-refractivity contribution is 7.18. The summed E-state index contributed by atoms with van der Waals surface area (Å²) < 4.78 is 52.3. The van der Waals surface area contributed by atoms with Crippen LogP contribution in [0.3, 0.4) is 0 Å². The van der Waals surface area contributed by atoms with Gasteiger partial charge in [-0.2, -0.15) is 23.5 Å². The second-order valence-electron chi connectivity index (χ2n) is 11.0. The van der Waals surface area contributed by atoms with Crippen LogP contribution in [0.15, 0.2) is 46.6 Å². The number of carboxylic acids is 1. The van der Waals surface area contributed by atoms with E-state index in [0.29, 0.717) is 43.5 Å². The van der Waals surface area contributed by atoms with Gasteiger partial charge in [0.25, 0.3) is 5.56 Å². The Morgan fingerprint density at radius 2 is 1.88 bits per heavy atom. The second-order valence-corrected chi connectivity index (χ2v) is 12.3. The zero-order chi connectivity index (χ0) is 34.7. The van der Waals surface area contributed by atoms with Gasteiger partial charge in [0.2, 0.25) is 0 Å². The highest BCUT2D eigenvalue weighted by Gasteiger charge is 2.37. The number of nitriles is 1. The first-order valence-corrected chi connectivity index (χ1v) is 15.6. The molecule has 0 radical (unpaired) electrons. The lowest BCUT2D eigenvalue weighted by Gasteiger charge is -2.18. The van der Waals surface area contributed by atoms with Crippen LogP contribution in [-0.2, 0) is 19.8 Å². The van der Waals surface area contributed by atoms with E-state index in [4.69, 9.17) is 16.3 Å². The molecule has 48 heavy (non-hydrogen) atoms. The number of rotatable bonds is 7. The molecule has 4 heterocycles. The maximum absolute atomic E-state index is 14.3. The van der Waals surface area contributed by atoms with E-state index in [2.05, 4.69) is 15.1 Å². The van der Waals surface area contributed by atoms with Crippen LogP contribution in [0.25, 0.3) is 43.5 Å². The molecular weight excluding hydrogens is 669 g/mol. The molecule has 4 aromatic heterocycles. The number of aromatic carboxylic acids is 1. The van der Waals surface area contributed by atoms with Crippen molar-refractivity contribution in [3.05, 3.63) is 91.1 Å². The third kappa shape index (κ3) is 5.65.